The highest BCUT2D eigenvalue weighted by Gasteiger charge is 2.15. The van der Waals surface area contributed by atoms with Crippen LogP contribution in [0, 0.1) is 0 Å². The van der Waals surface area contributed by atoms with E-state index in [-0.39, 0.29) is 18.2 Å². The minimum absolute atomic E-state index is 0.0121. The second kappa shape index (κ2) is 8.12. The van der Waals surface area contributed by atoms with Crippen LogP contribution in [0.2, 0.25) is 0 Å². The van der Waals surface area contributed by atoms with Gasteiger partial charge in [0, 0.05) is 12.2 Å². The summed E-state index contributed by atoms with van der Waals surface area (Å²) >= 11 is 0. The molecule has 0 aliphatic carbocycles. The Morgan fingerprint density at radius 2 is 1.78 bits per heavy atom. The number of halogens is 2. The lowest BCUT2D eigenvalue weighted by molar-refractivity contribution is -0.116. The summed E-state index contributed by atoms with van der Waals surface area (Å²) < 4.78 is 29.2. The van der Waals surface area contributed by atoms with Gasteiger partial charge in [0.25, 0.3) is 0 Å². The van der Waals surface area contributed by atoms with Gasteiger partial charge in [-0.15, -0.1) is 0 Å². The van der Waals surface area contributed by atoms with Crippen molar-refractivity contribution in [2.75, 3.05) is 23.3 Å². The van der Waals surface area contributed by atoms with Crippen molar-refractivity contribution >= 4 is 17.3 Å². The second-order valence-corrected chi connectivity index (χ2v) is 4.70. The van der Waals surface area contributed by atoms with E-state index in [1.165, 1.54) is 6.07 Å². The third-order valence-electron chi connectivity index (χ3n) is 3.22. The van der Waals surface area contributed by atoms with Gasteiger partial charge in [0.2, 0.25) is 5.91 Å². The maximum atomic E-state index is 12.4. The molecule has 0 fully saturated rings. The Balaban J connectivity index is 2.04. The number of para-hydroxylation sites is 3. The van der Waals surface area contributed by atoms with Crippen LogP contribution in [0.25, 0.3) is 0 Å². The lowest BCUT2D eigenvalue weighted by Crippen LogP contribution is -2.35. The molecule has 0 aliphatic heterocycles. The number of hydrogen-bond acceptors (Lipinski definition) is 3. The Labute approximate surface area is 133 Å². The van der Waals surface area contributed by atoms with E-state index in [1.54, 1.807) is 23.1 Å². The molecule has 0 aliphatic rings. The first-order valence-electron chi connectivity index (χ1n) is 7.25. The lowest BCUT2D eigenvalue weighted by atomic mass is 10.2. The fraction of sp³-hybridized carbons (Fsp3) is 0.235. The fourth-order valence-corrected chi connectivity index (χ4v) is 2.19. The van der Waals surface area contributed by atoms with Crippen LogP contribution in [0.4, 0.5) is 20.2 Å². The molecule has 2 aromatic rings. The van der Waals surface area contributed by atoms with Gasteiger partial charge >= 0.3 is 6.61 Å². The van der Waals surface area contributed by atoms with Crippen LogP contribution in [0.15, 0.2) is 54.6 Å². The first kappa shape index (κ1) is 16.7. The number of amides is 1. The molecule has 4 nitrogen and oxygen atoms in total. The number of ether oxygens (including phenoxy) is 1. The molecular formula is C17H18F2N2O2. The van der Waals surface area contributed by atoms with Crippen molar-refractivity contribution in [1.82, 2.24) is 0 Å². The zero-order valence-electron chi connectivity index (χ0n) is 12.7. The molecule has 2 rings (SSSR count). The highest BCUT2D eigenvalue weighted by atomic mass is 19.3. The standard InChI is InChI=1S/C17H18F2N2O2/c1-2-21(13-8-4-3-5-9-13)16(22)12-20-14-10-6-7-11-15(14)23-17(18)19/h3-11,17,20H,2,12H2,1H3. The van der Waals surface area contributed by atoms with Gasteiger partial charge in [0.05, 0.1) is 12.2 Å². The molecule has 0 saturated carbocycles. The van der Waals surface area contributed by atoms with Gasteiger partial charge < -0.3 is 15.0 Å². The number of rotatable bonds is 7. The molecule has 0 bridgehead atoms. The quantitative estimate of drug-likeness (QED) is 0.845. The molecule has 0 saturated heterocycles. The van der Waals surface area contributed by atoms with Crippen LogP contribution in [-0.2, 0) is 4.79 Å². The van der Waals surface area contributed by atoms with Gasteiger partial charge in [0.15, 0.2) is 0 Å². The summed E-state index contributed by atoms with van der Waals surface area (Å²) in [7, 11) is 0. The van der Waals surface area contributed by atoms with Crippen LogP contribution < -0.4 is 15.0 Å². The monoisotopic (exact) mass is 320 g/mol. The van der Waals surface area contributed by atoms with Crippen LogP contribution in [0.1, 0.15) is 6.92 Å². The summed E-state index contributed by atoms with van der Waals surface area (Å²) in [6, 6.07) is 15.5. The van der Waals surface area contributed by atoms with Crippen LogP contribution in [-0.4, -0.2) is 25.6 Å². The fourth-order valence-electron chi connectivity index (χ4n) is 2.19. The van der Waals surface area contributed by atoms with Crippen LogP contribution >= 0.6 is 0 Å². The maximum absolute atomic E-state index is 12.4. The molecule has 0 radical (unpaired) electrons. The van der Waals surface area contributed by atoms with Crippen molar-refractivity contribution in [2.45, 2.75) is 13.5 Å². The average molecular weight is 320 g/mol. The summed E-state index contributed by atoms with van der Waals surface area (Å²) in [5, 5.41) is 2.85. The van der Waals surface area contributed by atoms with E-state index in [2.05, 4.69) is 10.1 Å². The number of nitrogens with zero attached hydrogens (tertiary/aromatic N) is 1. The Morgan fingerprint density at radius 3 is 2.43 bits per heavy atom. The van der Waals surface area contributed by atoms with Crippen LogP contribution in [0.3, 0.4) is 0 Å². The number of likely N-dealkylation sites (N-methyl/N-ethyl adjacent to an activating group) is 1. The Morgan fingerprint density at radius 1 is 1.13 bits per heavy atom. The second-order valence-electron chi connectivity index (χ2n) is 4.70. The zero-order chi connectivity index (χ0) is 16.7. The molecule has 1 N–H and O–H groups in total. The van der Waals surface area contributed by atoms with Crippen molar-refractivity contribution in [3.63, 3.8) is 0 Å². The number of alkyl halides is 2. The predicted octanol–water partition coefficient (Wildman–Crippen LogP) is 3.75. The average Bonchev–Trinajstić information content (AvgIpc) is 2.55. The van der Waals surface area contributed by atoms with E-state index in [0.29, 0.717) is 12.2 Å². The number of carbonyl (C=O) groups is 1. The van der Waals surface area contributed by atoms with Crippen molar-refractivity contribution in [1.29, 1.82) is 0 Å². The largest absolute Gasteiger partial charge is 0.433 e. The first-order chi connectivity index (χ1) is 11.1. The molecule has 0 spiro atoms. The SMILES string of the molecule is CCN(C(=O)CNc1ccccc1OC(F)F)c1ccccc1. The van der Waals surface area contributed by atoms with Crippen LogP contribution in [0.5, 0.6) is 5.75 Å². The molecular weight excluding hydrogens is 302 g/mol. The maximum Gasteiger partial charge on any atom is 0.387 e. The molecule has 2 aromatic carbocycles. The van der Waals surface area contributed by atoms with Crippen molar-refractivity contribution in [3.05, 3.63) is 54.6 Å². The Bertz CT molecular complexity index is 636. The summed E-state index contributed by atoms with van der Waals surface area (Å²) in [6.45, 7) is -0.546. The molecule has 122 valence electrons. The van der Waals surface area contributed by atoms with E-state index >= 15 is 0 Å². The van der Waals surface area contributed by atoms with Crippen molar-refractivity contribution in [2.24, 2.45) is 0 Å². The summed E-state index contributed by atoms with van der Waals surface area (Å²) in [5.74, 6) is -0.149. The third kappa shape index (κ3) is 4.67. The molecule has 0 heterocycles. The van der Waals surface area contributed by atoms with Gasteiger partial charge in [-0.3, -0.25) is 4.79 Å². The molecule has 0 atom stereocenters. The van der Waals surface area contributed by atoms with Crippen molar-refractivity contribution < 1.29 is 18.3 Å². The van der Waals surface area contributed by atoms with Gasteiger partial charge in [-0.2, -0.15) is 8.78 Å². The molecule has 6 heteroatoms. The Hall–Kier alpha value is -2.63. The lowest BCUT2D eigenvalue weighted by Gasteiger charge is -2.22. The molecule has 0 unspecified atom stereocenters. The summed E-state index contributed by atoms with van der Waals surface area (Å²) in [5.41, 5.74) is 1.14. The number of carbonyl (C=O) groups excluding carboxylic acids is 1. The van der Waals surface area contributed by atoms with Crippen molar-refractivity contribution in [3.8, 4) is 5.75 Å². The van der Waals surface area contributed by atoms with E-state index < -0.39 is 6.61 Å². The minimum Gasteiger partial charge on any atom is -0.433 e. The van der Waals surface area contributed by atoms with Gasteiger partial charge in [-0.05, 0) is 31.2 Å². The van der Waals surface area contributed by atoms with E-state index in [0.717, 1.165) is 5.69 Å². The highest BCUT2D eigenvalue weighted by molar-refractivity contribution is 5.96. The molecule has 23 heavy (non-hydrogen) atoms. The third-order valence-corrected chi connectivity index (χ3v) is 3.22. The Kier molecular flexibility index (Phi) is 5.91. The number of nitrogens with one attached hydrogen (secondary N) is 1. The normalized spacial score (nSPS) is 10.4. The minimum atomic E-state index is -2.91. The van der Waals surface area contributed by atoms with E-state index in [9.17, 15) is 13.6 Å². The summed E-state index contributed by atoms with van der Waals surface area (Å²) in [4.78, 5) is 14.0. The van der Waals surface area contributed by atoms with Gasteiger partial charge in [-0.1, -0.05) is 30.3 Å². The van der Waals surface area contributed by atoms with E-state index in [1.807, 2.05) is 37.3 Å². The summed E-state index contributed by atoms with van der Waals surface area (Å²) in [6.07, 6.45) is 0. The molecule has 0 aromatic heterocycles. The topological polar surface area (TPSA) is 41.6 Å². The predicted molar refractivity (Wildman–Crippen MR) is 86.0 cm³/mol. The highest BCUT2D eigenvalue weighted by Crippen LogP contribution is 2.25. The van der Waals surface area contributed by atoms with Gasteiger partial charge in [-0.25, -0.2) is 0 Å². The number of anilines is 2. The smallest absolute Gasteiger partial charge is 0.387 e. The number of benzene rings is 2. The number of hydrogen-bond donors (Lipinski definition) is 1. The first-order valence-corrected chi connectivity index (χ1v) is 7.25. The van der Waals surface area contributed by atoms with E-state index in [4.69, 9.17) is 0 Å². The molecule has 1 amide bonds. The van der Waals surface area contributed by atoms with Gasteiger partial charge in [0.1, 0.15) is 5.75 Å². The zero-order valence-corrected chi connectivity index (χ0v) is 12.7.